The van der Waals surface area contributed by atoms with Crippen molar-refractivity contribution in [2.75, 3.05) is 26.8 Å². The molecule has 0 fully saturated rings. The Balaban J connectivity index is 2.65. The number of hydrogen-bond acceptors (Lipinski definition) is 3. The summed E-state index contributed by atoms with van der Waals surface area (Å²) >= 11 is 0. The van der Waals surface area contributed by atoms with Crippen molar-refractivity contribution in [3.05, 3.63) is 35.1 Å². The standard InChI is InChI=1S/C13H21FN2O/c1-3-16(6-7-17-2)10-11-4-5-13(14)12(8-11)9-15/h4-5,8H,3,6-7,9-10,15H2,1-2H3. The van der Waals surface area contributed by atoms with E-state index in [1.54, 1.807) is 7.11 Å². The Morgan fingerprint density at radius 2 is 2.18 bits per heavy atom. The minimum atomic E-state index is -0.226. The number of halogens is 1. The number of benzene rings is 1. The molecule has 96 valence electrons. The predicted octanol–water partition coefficient (Wildman–Crippen LogP) is 1.75. The van der Waals surface area contributed by atoms with Gasteiger partial charge in [-0.05, 0) is 18.2 Å². The fourth-order valence-corrected chi connectivity index (χ4v) is 1.71. The van der Waals surface area contributed by atoms with Gasteiger partial charge in [0.05, 0.1) is 6.61 Å². The van der Waals surface area contributed by atoms with Crippen LogP contribution in [0.15, 0.2) is 18.2 Å². The van der Waals surface area contributed by atoms with Crippen LogP contribution < -0.4 is 5.73 Å². The predicted molar refractivity (Wildman–Crippen MR) is 67.1 cm³/mol. The highest BCUT2D eigenvalue weighted by Gasteiger charge is 2.06. The van der Waals surface area contributed by atoms with E-state index < -0.39 is 0 Å². The molecule has 2 N–H and O–H groups in total. The summed E-state index contributed by atoms with van der Waals surface area (Å²) in [6.45, 7) is 5.67. The molecule has 0 unspecified atom stereocenters. The van der Waals surface area contributed by atoms with Crippen LogP contribution >= 0.6 is 0 Å². The topological polar surface area (TPSA) is 38.5 Å². The molecule has 1 aromatic carbocycles. The molecule has 4 heteroatoms. The smallest absolute Gasteiger partial charge is 0.127 e. The van der Waals surface area contributed by atoms with Gasteiger partial charge in [-0.2, -0.15) is 0 Å². The monoisotopic (exact) mass is 240 g/mol. The molecule has 0 aromatic heterocycles. The molecule has 0 saturated carbocycles. The molecule has 17 heavy (non-hydrogen) atoms. The molecule has 1 rings (SSSR count). The van der Waals surface area contributed by atoms with Gasteiger partial charge in [-0.1, -0.05) is 19.1 Å². The van der Waals surface area contributed by atoms with Crippen molar-refractivity contribution < 1.29 is 9.13 Å². The van der Waals surface area contributed by atoms with Crippen LogP contribution in [0.25, 0.3) is 0 Å². The summed E-state index contributed by atoms with van der Waals surface area (Å²) in [5.41, 5.74) is 7.15. The number of hydrogen-bond donors (Lipinski definition) is 1. The van der Waals surface area contributed by atoms with E-state index in [4.69, 9.17) is 10.5 Å². The van der Waals surface area contributed by atoms with Gasteiger partial charge in [-0.25, -0.2) is 4.39 Å². The second-order valence-electron chi connectivity index (χ2n) is 3.99. The first kappa shape index (κ1) is 14.1. The lowest BCUT2D eigenvalue weighted by molar-refractivity contribution is 0.147. The van der Waals surface area contributed by atoms with Crippen molar-refractivity contribution in [2.24, 2.45) is 5.73 Å². The summed E-state index contributed by atoms with van der Waals surface area (Å²) in [5, 5.41) is 0. The number of methoxy groups -OCH3 is 1. The highest BCUT2D eigenvalue weighted by molar-refractivity contribution is 5.24. The maximum Gasteiger partial charge on any atom is 0.127 e. The van der Waals surface area contributed by atoms with E-state index in [9.17, 15) is 4.39 Å². The third-order valence-corrected chi connectivity index (χ3v) is 2.80. The number of nitrogens with zero attached hydrogens (tertiary/aromatic N) is 1. The van der Waals surface area contributed by atoms with Crippen LogP contribution in [0.5, 0.6) is 0 Å². The summed E-state index contributed by atoms with van der Waals surface area (Å²) < 4.78 is 18.3. The molecular formula is C13H21FN2O. The molecule has 0 spiro atoms. The average molecular weight is 240 g/mol. The molecule has 0 atom stereocenters. The molecule has 1 aromatic rings. The molecule has 0 aliphatic carbocycles. The SMILES string of the molecule is CCN(CCOC)Cc1ccc(F)c(CN)c1. The van der Waals surface area contributed by atoms with Crippen molar-refractivity contribution in [1.29, 1.82) is 0 Å². The quantitative estimate of drug-likeness (QED) is 0.789. The Labute approximate surface area is 102 Å². The Morgan fingerprint density at radius 3 is 2.76 bits per heavy atom. The Kier molecular flexibility index (Phi) is 6.11. The van der Waals surface area contributed by atoms with E-state index in [-0.39, 0.29) is 12.4 Å². The number of likely N-dealkylation sites (N-methyl/N-ethyl adjacent to an activating group) is 1. The molecular weight excluding hydrogens is 219 g/mol. The zero-order chi connectivity index (χ0) is 12.7. The van der Waals surface area contributed by atoms with Gasteiger partial charge in [-0.15, -0.1) is 0 Å². The van der Waals surface area contributed by atoms with Crippen molar-refractivity contribution >= 4 is 0 Å². The van der Waals surface area contributed by atoms with Crippen LogP contribution in [0.2, 0.25) is 0 Å². The minimum absolute atomic E-state index is 0.226. The zero-order valence-corrected chi connectivity index (χ0v) is 10.6. The van der Waals surface area contributed by atoms with Crippen LogP contribution in [-0.4, -0.2) is 31.7 Å². The molecule has 0 aliphatic rings. The van der Waals surface area contributed by atoms with Crippen molar-refractivity contribution in [1.82, 2.24) is 4.90 Å². The van der Waals surface area contributed by atoms with E-state index in [0.29, 0.717) is 12.2 Å². The van der Waals surface area contributed by atoms with Gasteiger partial charge in [-0.3, -0.25) is 4.90 Å². The first-order valence-corrected chi connectivity index (χ1v) is 5.90. The van der Waals surface area contributed by atoms with E-state index >= 15 is 0 Å². The summed E-state index contributed by atoms with van der Waals surface area (Å²) in [5.74, 6) is -0.226. The fourth-order valence-electron chi connectivity index (χ4n) is 1.71. The first-order valence-electron chi connectivity index (χ1n) is 5.90. The van der Waals surface area contributed by atoms with E-state index in [0.717, 1.165) is 25.2 Å². The van der Waals surface area contributed by atoms with Crippen LogP contribution in [-0.2, 0) is 17.8 Å². The van der Waals surface area contributed by atoms with Gasteiger partial charge in [0.25, 0.3) is 0 Å². The van der Waals surface area contributed by atoms with Gasteiger partial charge < -0.3 is 10.5 Å². The highest BCUT2D eigenvalue weighted by Crippen LogP contribution is 2.12. The Hall–Kier alpha value is -0.970. The zero-order valence-electron chi connectivity index (χ0n) is 10.6. The summed E-state index contributed by atoms with van der Waals surface area (Å²) in [4.78, 5) is 2.25. The number of rotatable bonds is 7. The summed E-state index contributed by atoms with van der Waals surface area (Å²) in [6.07, 6.45) is 0. The molecule has 3 nitrogen and oxygen atoms in total. The van der Waals surface area contributed by atoms with Crippen molar-refractivity contribution in [3.63, 3.8) is 0 Å². The Morgan fingerprint density at radius 1 is 1.41 bits per heavy atom. The second-order valence-corrected chi connectivity index (χ2v) is 3.99. The van der Waals surface area contributed by atoms with Gasteiger partial charge in [0.2, 0.25) is 0 Å². The minimum Gasteiger partial charge on any atom is -0.383 e. The van der Waals surface area contributed by atoms with E-state index in [1.165, 1.54) is 6.07 Å². The maximum absolute atomic E-state index is 13.3. The molecule has 0 bridgehead atoms. The normalized spacial score (nSPS) is 11.1. The average Bonchev–Trinajstić information content (AvgIpc) is 2.36. The maximum atomic E-state index is 13.3. The Bertz CT molecular complexity index is 344. The molecule has 0 saturated heterocycles. The van der Waals surface area contributed by atoms with Gasteiger partial charge in [0.1, 0.15) is 5.82 Å². The molecule has 0 radical (unpaired) electrons. The fraction of sp³-hybridized carbons (Fsp3) is 0.538. The third kappa shape index (κ3) is 4.42. The number of ether oxygens (including phenoxy) is 1. The molecule has 0 amide bonds. The van der Waals surface area contributed by atoms with Crippen LogP contribution in [0.1, 0.15) is 18.1 Å². The van der Waals surface area contributed by atoms with Crippen LogP contribution in [0.4, 0.5) is 4.39 Å². The lowest BCUT2D eigenvalue weighted by Crippen LogP contribution is -2.26. The van der Waals surface area contributed by atoms with Gasteiger partial charge in [0.15, 0.2) is 0 Å². The summed E-state index contributed by atoms with van der Waals surface area (Å²) in [6, 6.07) is 5.14. The van der Waals surface area contributed by atoms with E-state index in [1.807, 2.05) is 12.1 Å². The van der Waals surface area contributed by atoms with E-state index in [2.05, 4.69) is 11.8 Å². The first-order chi connectivity index (χ1) is 8.21. The van der Waals surface area contributed by atoms with Crippen molar-refractivity contribution in [2.45, 2.75) is 20.0 Å². The third-order valence-electron chi connectivity index (χ3n) is 2.80. The second kappa shape index (κ2) is 7.37. The van der Waals surface area contributed by atoms with Crippen LogP contribution in [0.3, 0.4) is 0 Å². The van der Waals surface area contributed by atoms with Gasteiger partial charge >= 0.3 is 0 Å². The lowest BCUT2D eigenvalue weighted by atomic mass is 10.1. The number of nitrogens with two attached hydrogens (primary N) is 1. The lowest BCUT2D eigenvalue weighted by Gasteiger charge is -2.20. The highest BCUT2D eigenvalue weighted by atomic mass is 19.1. The summed E-state index contributed by atoms with van der Waals surface area (Å²) in [7, 11) is 1.69. The van der Waals surface area contributed by atoms with Crippen LogP contribution in [0, 0.1) is 5.82 Å². The molecule has 0 aliphatic heterocycles. The van der Waals surface area contributed by atoms with Crippen molar-refractivity contribution in [3.8, 4) is 0 Å². The largest absolute Gasteiger partial charge is 0.383 e. The van der Waals surface area contributed by atoms with Gasteiger partial charge in [0, 0.05) is 32.3 Å². The molecule has 0 heterocycles.